The standard InChI is InChI=1S/C16H13N3OS/c21-16(17-13-7-2-1-3-8-13)19-18-15-11-10-12-6-4-5-9-14(12)20-15/h1-11H,(H2,17,19,21)/b18-15+. The van der Waals surface area contributed by atoms with E-state index in [2.05, 4.69) is 15.8 Å². The van der Waals surface area contributed by atoms with E-state index in [1.165, 1.54) is 0 Å². The Balaban J connectivity index is 1.73. The molecular weight excluding hydrogens is 282 g/mol. The molecule has 3 aromatic rings. The second kappa shape index (κ2) is 6.19. The number of benzene rings is 2. The summed E-state index contributed by atoms with van der Waals surface area (Å²) in [6, 6.07) is 21.2. The maximum atomic E-state index is 5.65. The molecule has 2 aromatic carbocycles. The Kier molecular flexibility index (Phi) is 3.93. The van der Waals surface area contributed by atoms with Crippen LogP contribution in [0.3, 0.4) is 0 Å². The van der Waals surface area contributed by atoms with Crippen molar-refractivity contribution in [3.8, 4) is 0 Å². The molecule has 0 atom stereocenters. The smallest absolute Gasteiger partial charge is 0.236 e. The van der Waals surface area contributed by atoms with Crippen molar-refractivity contribution in [3.63, 3.8) is 0 Å². The van der Waals surface area contributed by atoms with Crippen LogP contribution in [0.2, 0.25) is 0 Å². The zero-order chi connectivity index (χ0) is 14.5. The van der Waals surface area contributed by atoms with Gasteiger partial charge in [0.1, 0.15) is 5.58 Å². The largest absolute Gasteiger partial charge is 0.437 e. The van der Waals surface area contributed by atoms with Gasteiger partial charge < -0.3 is 9.73 Å². The number of nitrogens with one attached hydrogen (secondary N) is 2. The van der Waals surface area contributed by atoms with E-state index in [4.69, 9.17) is 16.6 Å². The van der Waals surface area contributed by atoms with Crippen molar-refractivity contribution in [3.05, 3.63) is 72.3 Å². The highest BCUT2D eigenvalue weighted by Crippen LogP contribution is 2.09. The Morgan fingerprint density at radius 1 is 0.905 bits per heavy atom. The molecule has 0 spiro atoms. The molecule has 0 bridgehead atoms. The molecule has 0 saturated heterocycles. The number of thiocarbonyl (C=S) groups is 1. The Morgan fingerprint density at radius 3 is 2.52 bits per heavy atom. The van der Waals surface area contributed by atoms with Crippen LogP contribution in [0.5, 0.6) is 0 Å². The molecule has 3 rings (SSSR count). The first-order chi connectivity index (χ1) is 10.3. The van der Waals surface area contributed by atoms with Crippen molar-refractivity contribution < 1.29 is 4.42 Å². The van der Waals surface area contributed by atoms with Gasteiger partial charge in [-0.25, -0.2) is 5.43 Å². The lowest BCUT2D eigenvalue weighted by Gasteiger charge is -2.05. The predicted octanol–water partition coefficient (Wildman–Crippen LogP) is 3.24. The summed E-state index contributed by atoms with van der Waals surface area (Å²) in [5, 5.41) is 8.60. The van der Waals surface area contributed by atoms with Crippen molar-refractivity contribution in [2.24, 2.45) is 5.10 Å². The quantitative estimate of drug-likeness (QED) is 0.563. The van der Waals surface area contributed by atoms with E-state index >= 15 is 0 Å². The Bertz CT molecular complexity index is 827. The molecule has 2 N–H and O–H groups in total. The van der Waals surface area contributed by atoms with E-state index in [-0.39, 0.29) is 0 Å². The van der Waals surface area contributed by atoms with Crippen molar-refractivity contribution in [1.29, 1.82) is 0 Å². The number of para-hydroxylation sites is 2. The summed E-state index contributed by atoms with van der Waals surface area (Å²) in [7, 11) is 0. The van der Waals surface area contributed by atoms with E-state index in [0.29, 0.717) is 10.7 Å². The zero-order valence-electron chi connectivity index (χ0n) is 11.1. The van der Waals surface area contributed by atoms with Crippen molar-refractivity contribution >= 4 is 34.0 Å². The molecule has 0 radical (unpaired) electrons. The van der Waals surface area contributed by atoms with Crippen LogP contribution in [-0.4, -0.2) is 5.11 Å². The van der Waals surface area contributed by atoms with Gasteiger partial charge in [0.15, 0.2) is 5.11 Å². The summed E-state index contributed by atoms with van der Waals surface area (Å²) in [4.78, 5) is 0. The third kappa shape index (κ3) is 3.46. The third-order valence-corrected chi connectivity index (χ3v) is 3.03. The lowest BCUT2D eigenvalue weighted by molar-refractivity contribution is 0.531. The molecule has 5 heteroatoms. The number of rotatable bonds is 2. The van der Waals surface area contributed by atoms with Gasteiger partial charge >= 0.3 is 0 Å². The fraction of sp³-hybridized carbons (Fsp3) is 0. The Morgan fingerprint density at radius 2 is 1.67 bits per heavy atom. The molecule has 0 fully saturated rings. The van der Waals surface area contributed by atoms with Gasteiger partial charge in [-0.15, -0.1) is 5.10 Å². The number of fused-ring (bicyclic) bond motifs is 1. The van der Waals surface area contributed by atoms with E-state index in [1.807, 2.05) is 60.7 Å². The minimum atomic E-state index is 0.407. The number of anilines is 1. The van der Waals surface area contributed by atoms with Crippen molar-refractivity contribution in [1.82, 2.24) is 5.43 Å². The monoisotopic (exact) mass is 295 g/mol. The van der Waals surface area contributed by atoms with E-state index in [1.54, 1.807) is 6.07 Å². The fourth-order valence-corrected chi connectivity index (χ4v) is 2.03. The topological polar surface area (TPSA) is 49.6 Å². The van der Waals surface area contributed by atoms with Gasteiger partial charge in [-0.05, 0) is 36.5 Å². The highest BCUT2D eigenvalue weighted by Gasteiger charge is 1.96. The summed E-state index contributed by atoms with van der Waals surface area (Å²) in [5.74, 6) is 0. The van der Waals surface area contributed by atoms with Gasteiger partial charge in [-0.2, -0.15) is 0 Å². The average Bonchev–Trinajstić information content (AvgIpc) is 2.54. The van der Waals surface area contributed by atoms with Gasteiger partial charge in [-0.3, -0.25) is 0 Å². The van der Waals surface area contributed by atoms with E-state index in [0.717, 1.165) is 16.7 Å². The highest BCUT2D eigenvalue weighted by molar-refractivity contribution is 7.80. The van der Waals surface area contributed by atoms with Crippen LogP contribution in [0.4, 0.5) is 5.69 Å². The first kappa shape index (κ1) is 13.3. The summed E-state index contributed by atoms with van der Waals surface area (Å²) in [6.45, 7) is 0. The van der Waals surface area contributed by atoms with Crippen molar-refractivity contribution in [2.75, 3.05) is 5.32 Å². The normalized spacial score (nSPS) is 11.3. The predicted molar refractivity (Wildman–Crippen MR) is 87.6 cm³/mol. The first-order valence-electron chi connectivity index (χ1n) is 6.46. The third-order valence-electron chi connectivity index (χ3n) is 2.84. The van der Waals surface area contributed by atoms with Gasteiger partial charge in [0.25, 0.3) is 0 Å². The molecule has 4 nitrogen and oxygen atoms in total. The summed E-state index contributed by atoms with van der Waals surface area (Å²) in [5.41, 5.74) is 4.91. The van der Waals surface area contributed by atoms with Crippen LogP contribution >= 0.6 is 12.2 Å². The summed E-state index contributed by atoms with van der Waals surface area (Å²) >= 11 is 5.17. The van der Waals surface area contributed by atoms with Crippen LogP contribution in [0.25, 0.3) is 11.0 Å². The van der Waals surface area contributed by atoms with Gasteiger partial charge in [0.2, 0.25) is 5.55 Å². The van der Waals surface area contributed by atoms with Gasteiger partial charge in [-0.1, -0.05) is 36.4 Å². The van der Waals surface area contributed by atoms with E-state index < -0.39 is 0 Å². The first-order valence-corrected chi connectivity index (χ1v) is 6.87. The summed E-state index contributed by atoms with van der Waals surface area (Å²) < 4.78 is 5.65. The molecule has 1 heterocycles. The second-order valence-electron chi connectivity index (χ2n) is 4.36. The van der Waals surface area contributed by atoms with Crippen LogP contribution in [-0.2, 0) is 0 Å². The number of hydrogen-bond donors (Lipinski definition) is 2. The lowest BCUT2D eigenvalue weighted by Crippen LogP contribution is -2.26. The maximum Gasteiger partial charge on any atom is 0.236 e. The van der Waals surface area contributed by atoms with Crippen LogP contribution in [0, 0.1) is 0 Å². The minimum absolute atomic E-state index is 0.407. The Hall–Kier alpha value is -2.66. The molecule has 104 valence electrons. The molecular formula is C16H13N3OS. The summed E-state index contributed by atoms with van der Waals surface area (Å²) in [6.07, 6.45) is 0. The molecule has 0 amide bonds. The van der Waals surface area contributed by atoms with Gasteiger partial charge in [0, 0.05) is 17.1 Å². The molecule has 1 aromatic heterocycles. The van der Waals surface area contributed by atoms with Gasteiger partial charge in [0.05, 0.1) is 0 Å². The van der Waals surface area contributed by atoms with E-state index in [9.17, 15) is 0 Å². The number of hydrogen-bond acceptors (Lipinski definition) is 3. The lowest BCUT2D eigenvalue weighted by atomic mass is 10.2. The maximum absolute atomic E-state index is 5.65. The molecule has 21 heavy (non-hydrogen) atoms. The minimum Gasteiger partial charge on any atom is -0.437 e. The Labute approximate surface area is 127 Å². The van der Waals surface area contributed by atoms with Crippen LogP contribution in [0.1, 0.15) is 0 Å². The average molecular weight is 295 g/mol. The highest BCUT2D eigenvalue weighted by atomic mass is 32.1. The SMILES string of the molecule is S=C(N/N=c1\ccc2ccccc2o1)Nc1ccccc1. The molecule has 0 unspecified atom stereocenters. The zero-order valence-corrected chi connectivity index (χ0v) is 11.9. The van der Waals surface area contributed by atoms with Crippen LogP contribution in [0.15, 0.2) is 76.2 Å². The second-order valence-corrected chi connectivity index (χ2v) is 4.76. The fourth-order valence-electron chi connectivity index (χ4n) is 1.87. The molecule has 0 aliphatic carbocycles. The molecule has 0 aliphatic heterocycles. The molecule has 0 saturated carbocycles. The van der Waals surface area contributed by atoms with Crippen LogP contribution < -0.4 is 16.3 Å². The molecule has 0 aliphatic rings. The van der Waals surface area contributed by atoms with Crippen molar-refractivity contribution in [2.45, 2.75) is 0 Å². The number of nitrogens with zero attached hydrogens (tertiary/aromatic N) is 1.